The monoisotopic (exact) mass is 465 g/mol. The lowest BCUT2D eigenvalue weighted by molar-refractivity contribution is -0.384. The third-order valence-electron chi connectivity index (χ3n) is 4.29. The summed E-state index contributed by atoms with van der Waals surface area (Å²) >= 11 is 17.7. The second-order valence-electron chi connectivity index (χ2n) is 6.53. The minimum absolute atomic E-state index is 0.0187. The van der Waals surface area contributed by atoms with E-state index in [0.29, 0.717) is 47.2 Å². The molecular weight excluding hydrogens is 449 g/mol. The number of nitrogens with one attached hydrogen (secondary N) is 1. The second kappa shape index (κ2) is 10.5. The Labute approximate surface area is 188 Å². The van der Waals surface area contributed by atoms with Crippen molar-refractivity contribution >= 4 is 46.2 Å². The van der Waals surface area contributed by atoms with E-state index in [4.69, 9.17) is 34.8 Å². The van der Waals surface area contributed by atoms with Gasteiger partial charge in [0.1, 0.15) is 16.0 Å². The molecule has 0 bridgehead atoms. The fourth-order valence-corrected chi connectivity index (χ4v) is 3.28. The van der Waals surface area contributed by atoms with Gasteiger partial charge in [-0.15, -0.1) is 0 Å². The first kappa shape index (κ1) is 22.2. The highest BCUT2D eigenvalue weighted by molar-refractivity contribution is 6.31. The molecule has 0 saturated carbocycles. The van der Waals surface area contributed by atoms with E-state index in [9.17, 15) is 10.1 Å². The summed E-state index contributed by atoms with van der Waals surface area (Å²) in [5, 5.41) is 15.7. The highest BCUT2D eigenvalue weighted by Gasteiger charge is 2.14. The van der Waals surface area contributed by atoms with E-state index in [1.54, 1.807) is 30.6 Å². The smallest absolute Gasteiger partial charge is 0.292 e. The normalized spacial score (nSPS) is 10.9. The van der Waals surface area contributed by atoms with Crippen molar-refractivity contribution in [3.8, 4) is 0 Å². The number of nitrogens with zero attached hydrogens (tertiary/aromatic N) is 4. The van der Waals surface area contributed by atoms with Crippen molar-refractivity contribution in [1.82, 2.24) is 14.9 Å². The molecule has 10 heteroatoms. The van der Waals surface area contributed by atoms with Crippen LogP contribution in [0.3, 0.4) is 0 Å². The number of hydrogen-bond acceptors (Lipinski definition) is 6. The lowest BCUT2D eigenvalue weighted by Crippen LogP contribution is -2.28. The Balaban J connectivity index is 1.70. The maximum absolute atomic E-state index is 11.2. The second-order valence-corrected chi connectivity index (χ2v) is 7.75. The highest BCUT2D eigenvalue weighted by atomic mass is 35.5. The number of hydrogen-bond donors (Lipinski definition) is 1. The number of halogens is 3. The van der Waals surface area contributed by atoms with Gasteiger partial charge in [-0.3, -0.25) is 15.0 Å². The molecule has 30 heavy (non-hydrogen) atoms. The van der Waals surface area contributed by atoms with Crippen molar-refractivity contribution in [1.29, 1.82) is 0 Å². The van der Waals surface area contributed by atoms with Crippen molar-refractivity contribution < 1.29 is 4.92 Å². The number of aromatic nitrogens is 2. The summed E-state index contributed by atoms with van der Waals surface area (Å²) in [5.41, 5.74) is 2.36. The average Bonchev–Trinajstić information content (AvgIpc) is 2.71. The highest BCUT2D eigenvalue weighted by Crippen LogP contribution is 2.27. The summed E-state index contributed by atoms with van der Waals surface area (Å²) < 4.78 is 0. The van der Waals surface area contributed by atoms with E-state index in [1.807, 2.05) is 12.1 Å². The molecule has 2 aromatic heterocycles. The van der Waals surface area contributed by atoms with Gasteiger partial charge in [-0.1, -0.05) is 46.9 Å². The van der Waals surface area contributed by atoms with E-state index in [1.165, 1.54) is 12.1 Å². The SMILES string of the molecule is O=[N+]([O-])c1ccc(Cl)cc1NCCN(Cc1ccc(Cl)nc1)Cc1ccc(Cl)nc1. The van der Waals surface area contributed by atoms with Crippen LogP contribution in [0, 0.1) is 10.1 Å². The van der Waals surface area contributed by atoms with Gasteiger partial charge in [-0.2, -0.15) is 0 Å². The van der Waals surface area contributed by atoms with Gasteiger partial charge < -0.3 is 5.32 Å². The maximum atomic E-state index is 11.2. The van der Waals surface area contributed by atoms with Gasteiger partial charge in [0.05, 0.1) is 4.92 Å². The number of pyridine rings is 2. The van der Waals surface area contributed by atoms with Gasteiger partial charge in [-0.05, 0) is 35.4 Å². The van der Waals surface area contributed by atoms with Crippen LogP contribution >= 0.6 is 34.8 Å². The Kier molecular flexibility index (Phi) is 7.81. The lowest BCUT2D eigenvalue weighted by Gasteiger charge is -2.23. The molecular formula is C20H18Cl3N5O2. The Bertz CT molecular complexity index is 953. The molecule has 1 N–H and O–H groups in total. The molecule has 0 unspecified atom stereocenters. The summed E-state index contributed by atoms with van der Waals surface area (Å²) in [6.45, 7) is 2.32. The first-order chi connectivity index (χ1) is 14.4. The van der Waals surface area contributed by atoms with E-state index >= 15 is 0 Å². The molecule has 156 valence electrons. The van der Waals surface area contributed by atoms with Crippen molar-refractivity contribution in [3.05, 3.63) is 91.4 Å². The molecule has 0 fully saturated rings. The number of rotatable bonds is 9. The fourth-order valence-electron chi connectivity index (χ4n) is 2.89. The lowest BCUT2D eigenvalue weighted by atomic mass is 10.2. The third kappa shape index (κ3) is 6.53. The Morgan fingerprint density at radius 3 is 2.03 bits per heavy atom. The number of nitro groups is 1. The zero-order chi connectivity index (χ0) is 21.5. The van der Waals surface area contributed by atoms with Crippen molar-refractivity contribution in [2.45, 2.75) is 13.1 Å². The van der Waals surface area contributed by atoms with Gasteiger partial charge >= 0.3 is 0 Å². The van der Waals surface area contributed by atoms with Gasteiger partial charge in [0, 0.05) is 49.7 Å². The molecule has 0 amide bonds. The molecule has 0 aliphatic heterocycles. The summed E-state index contributed by atoms with van der Waals surface area (Å²) in [4.78, 5) is 21.2. The van der Waals surface area contributed by atoms with Crippen molar-refractivity contribution in [2.75, 3.05) is 18.4 Å². The standard InChI is InChI=1S/C20H18Cl3N5O2/c21-16-3-4-18(28(29)30)17(9-16)24-7-8-27(12-14-1-5-19(22)25-10-14)13-15-2-6-20(23)26-11-15/h1-6,9-11,24H,7-8,12-13H2. The fraction of sp³-hybridized carbons (Fsp3) is 0.200. The van der Waals surface area contributed by atoms with Crippen molar-refractivity contribution in [3.63, 3.8) is 0 Å². The largest absolute Gasteiger partial charge is 0.378 e. The minimum atomic E-state index is -0.435. The van der Waals surface area contributed by atoms with Crippen LogP contribution in [-0.4, -0.2) is 32.9 Å². The molecule has 0 atom stereocenters. The van der Waals surface area contributed by atoms with E-state index in [2.05, 4.69) is 20.2 Å². The predicted molar refractivity (Wildman–Crippen MR) is 119 cm³/mol. The van der Waals surface area contributed by atoms with Crippen LogP contribution in [-0.2, 0) is 13.1 Å². The summed E-state index contributed by atoms with van der Waals surface area (Å²) in [5.74, 6) is 0. The molecule has 0 spiro atoms. The zero-order valence-electron chi connectivity index (χ0n) is 15.8. The van der Waals surface area contributed by atoms with Crippen LogP contribution in [0.1, 0.15) is 11.1 Å². The van der Waals surface area contributed by atoms with Crippen LogP contribution in [0.4, 0.5) is 11.4 Å². The van der Waals surface area contributed by atoms with Crippen LogP contribution in [0.5, 0.6) is 0 Å². The van der Waals surface area contributed by atoms with Crippen LogP contribution < -0.4 is 5.32 Å². The van der Waals surface area contributed by atoms with Crippen LogP contribution in [0.2, 0.25) is 15.3 Å². The van der Waals surface area contributed by atoms with Gasteiger partial charge in [0.2, 0.25) is 0 Å². The topological polar surface area (TPSA) is 84.2 Å². The Morgan fingerprint density at radius 2 is 1.53 bits per heavy atom. The van der Waals surface area contributed by atoms with Crippen molar-refractivity contribution in [2.24, 2.45) is 0 Å². The molecule has 3 aromatic rings. The summed E-state index contributed by atoms with van der Waals surface area (Å²) in [6.07, 6.45) is 3.45. The Hall–Kier alpha value is -2.45. The summed E-state index contributed by atoms with van der Waals surface area (Å²) in [7, 11) is 0. The number of benzene rings is 1. The van der Waals surface area contributed by atoms with Gasteiger partial charge in [-0.25, -0.2) is 9.97 Å². The minimum Gasteiger partial charge on any atom is -0.378 e. The molecule has 0 radical (unpaired) electrons. The molecule has 0 saturated heterocycles. The number of nitro benzene ring substituents is 1. The Morgan fingerprint density at radius 1 is 0.933 bits per heavy atom. The first-order valence-electron chi connectivity index (χ1n) is 9.02. The van der Waals surface area contributed by atoms with E-state index in [-0.39, 0.29) is 5.69 Å². The molecule has 2 heterocycles. The molecule has 1 aromatic carbocycles. The quantitative estimate of drug-likeness (QED) is 0.256. The van der Waals surface area contributed by atoms with E-state index in [0.717, 1.165) is 11.1 Å². The number of anilines is 1. The predicted octanol–water partition coefficient (Wildman–Crippen LogP) is 5.46. The van der Waals surface area contributed by atoms with E-state index < -0.39 is 4.92 Å². The molecule has 0 aliphatic carbocycles. The molecule has 0 aliphatic rings. The van der Waals surface area contributed by atoms with Crippen LogP contribution in [0.25, 0.3) is 0 Å². The van der Waals surface area contributed by atoms with Crippen LogP contribution in [0.15, 0.2) is 54.9 Å². The third-order valence-corrected chi connectivity index (χ3v) is 4.97. The zero-order valence-corrected chi connectivity index (χ0v) is 18.0. The summed E-state index contributed by atoms with van der Waals surface area (Å²) in [6, 6.07) is 11.8. The molecule has 3 rings (SSSR count). The van der Waals surface area contributed by atoms with Gasteiger partial charge in [0.25, 0.3) is 5.69 Å². The van der Waals surface area contributed by atoms with Gasteiger partial charge in [0.15, 0.2) is 0 Å². The maximum Gasteiger partial charge on any atom is 0.292 e. The molecule has 7 nitrogen and oxygen atoms in total. The average molecular weight is 467 g/mol. The first-order valence-corrected chi connectivity index (χ1v) is 10.1.